The Kier molecular flexibility index (Phi) is 16.7. The van der Waals surface area contributed by atoms with Gasteiger partial charge >= 0.3 is 0 Å². The Balaban J connectivity index is 1.32. The van der Waals surface area contributed by atoms with E-state index in [1.54, 1.807) is 14.2 Å². The number of aliphatic hydroxyl groups is 1. The van der Waals surface area contributed by atoms with Crippen molar-refractivity contribution >= 4 is 8.32 Å². The molecule has 0 bridgehead atoms. The summed E-state index contributed by atoms with van der Waals surface area (Å²) in [6.45, 7) is 21.4. The predicted octanol–water partition coefficient (Wildman–Crippen LogP) is 9.98. The maximum Gasteiger partial charge on any atom is 0.192 e. The Hall–Kier alpha value is -2.06. The summed E-state index contributed by atoms with van der Waals surface area (Å²) < 4.78 is 58.5. The second-order valence-corrected chi connectivity index (χ2v) is 22.7. The van der Waals surface area contributed by atoms with E-state index in [9.17, 15) is 5.11 Å². The van der Waals surface area contributed by atoms with Gasteiger partial charge in [-0.15, -0.1) is 0 Å². The minimum atomic E-state index is -2.03. The zero-order valence-corrected chi connectivity index (χ0v) is 38.6. The van der Waals surface area contributed by atoms with Gasteiger partial charge in [-0.25, -0.2) is 0 Å². The van der Waals surface area contributed by atoms with Gasteiger partial charge in [0.25, 0.3) is 0 Å². The number of hydrogen-bond donors (Lipinski definition) is 1. The van der Waals surface area contributed by atoms with Crippen LogP contribution in [0.5, 0.6) is 11.5 Å². The van der Waals surface area contributed by atoms with Gasteiger partial charge in [0.1, 0.15) is 11.5 Å². The molecule has 3 aliphatic heterocycles. The smallest absolute Gasteiger partial charge is 0.192 e. The molecular formula is C47H76O10Si. The Morgan fingerprint density at radius 1 is 0.793 bits per heavy atom. The van der Waals surface area contributed by atoms with E-state index in [0.29, 0.717) is 51.9 Å². The van der Waals surface area contributed by atoms with Gasteiger partial charge in [-0.05, 0) is 93.6 Å². The number of ether oxygens (including phenoxy) is 8. The van der Waals surface area contributed by atoms with Gasteiger partial charge in [0.05, 0.1) is 69.7 Å². The van der Waals surface area contributed by atoms with Crippen molar-refractivity contribution in [2.75, 3.05) is 20.8 Å². The van der Waals surface area contributed by atoms with Crippen molar-refractivity contribution < 1.29 is 47.4 Å². The van der Waals surface area contributed by atoms with Crippen molar-refractivity contribution in [1.82, 2.24) is 0 Å². The summed E-state index contributed by atoms with van der Waals surface area (Å²) in [5.74, 6) is 0.0700. The Labute approximate surface area is 351 Å². The van der Waals surface area contributed by atoms with Gasteiger partial charge < -0.3 is 47.4 Å². The summed E-state index contributed by atoms with van der Waals surface area (Å²) in [6.07, 6.45) is 3.24. The van der Waals surface area contributed by atoms with Crippen molar-refractivity contribution in [3.8, 4) is 11.5 Å². The van der Waals surface area contributed by atoms with E-state index < -0.39 is 31.6 Å². The molecule has 3 fully saturated rings. The molecule has 0 aliphatic carbocycles. The maximum absolute atomic E-state index is 11.4. The SMILES string of the molecule is CC[C@H](OCc1ccc(OC)cc1)[C@@H](C)[C@H]1OC(C)(C)O[C@@H](C[C@H]2C[C@](C)(O[Si](CC)(CC)CC)CC3(C[C@@H](O)C[C@H](CCOCc4ccc(OC)cc4)O3)O2)[C@H]1C. The Bertz CT molecular complexity index is 1510. The van der Waals surface area contributed by atoms with Gasteiger partial charge in [0, 0.05) is 44.1 Å². The zero-order chi connectivity index (χ0) is 42.1. The van der Waals surface area contributed by atoms with Crippen molar-refractivity contribution in [3.63, 3.8) is 0 Å². The summed E-state index contributed by atoms with van der Waals surface area (Å²) in [5, 5.41) is 11.4. The zero-order valence-electron chi connectivity index (χ0n) is 37.6. The lowest BCUT2D eigenvalue weighted by atomic mass is 9.78. The van der Waals surface area contributed by atoms with Gasteiger partial charge in [-0.3, -0.25) is 0 Å². The molecule has 0 amide bonds. The monoisotopic (exact) mass is 829 g/mol. The molecule has 3 heterocycles. The van der Waals surface area contributed by atoms with E-state index in [4.69, 9.17) is 42.3 Å². The third-order valence-corrected chi connectivity index (χ3v) is 17.9. The van der Waals surface area contributed by atoms with Crippen LogP contribution in [0.2, 0.25) is 18.1 Å². The first-order chi connectivity index (χ1) is 27.6. The van der Waals surface area contributed by atoms with Crippen molar-refractivity contribution in [1.29, 1.82) is 0 Å². The van der Waals surface area contributed by atoms with E-state index >= 15 is 0 Å². The fourth-order valence-electron chi connectivity index (χ4n) is 9.88. The molecule has 5 rings (SSSR count). The molecule has 0 radical (unpaired) electrons. The lowest BCUT2D eigenvalue weighted by Gasteiger charge is -2.55. The van der Waals surface area contributed by atoms with Gasteiger partial charge in [-0.1, -0.05) is 65.8 Å². The van der Waals surface area contributed by atoms with Crippen LogP contribution in [-0.2, 0) is 46.1 Å². The standard InChI is InChI=1S/C47H76O10Si/c1-12-42(52-31-36-18-22-39(50-11)23-19-36)33(5)44-34(6)43(55-45(7,8)56-44)27-41-29-46(9,57-58(13-2,14-3)15-4)32-47(54-41)28-37(48)26-40(53-47)24-25-51-30-35-16-20-38(49-10)21-17-35/h16-23,33-34,37,40-44,48H,12-15,24-32H2,1-11H3/t33-,34-,37+,40+,41+,42+,43+,44-,46+,47?/m1/s1. The minimum Gasteiger partial charge on any atom is -0.497 e. The van der Waals surface area contributed by atoms with Crippen LogP contribution in [0, 0.1) is 11.8 Å². The van der Waals surface area contributed by atoms with E-state index in [0.717, 1.165) is 53.6 Å². The molecule has 58 heavy (non-hydrogen) atoms. The molecule has 1 unspecified atom stereocenters. The number of methoxy groups -OCH3 is 2. The van der Waals surface area contributed by atoms with Crippen LogP contribution < -0.4 is 9.47 Å². The lowest BCUT2D eigenvalue weighted by Crippen LogP contribution is -2.62. The van der Waals surface area contributed by atoms with Gasteiger partial charge in [0.15, 0.2) is 19.9 Å². The fourth-order valence-corrected chi connectivity index (χ4v) is 13.0. The topological polar surface area (TPSA) is 103 Å². The van der Waals surface area contributed by atoms with Crippen molar-refractivity contribution in [2.24, 2.45) is 11.8 Å². The molecule has 3 aliphatic rings. The van der Waals surface area contributed by atoms with Gasteiger partial charge in [0.2, 0.25) is 0 Å². The summed E-state index contributed by atoms with van der Waals surface area (Å²) in [7, 11) is 1.32. The first-order valence-corrected chi connectivity index (χ1v) is 24.7. The molecule has 3 saturated heterocycles. The second-order valence-electron chi connectivity index (χ2n) is 18.0. The molecule has 0 aromatic heterocycles. The quantitative estimate of drug-likeness (QED) is 0.103. The van der Waals surface area contributed by atoms with Crippen LogP contribution in [0.3, 0.4) is 0 Å². The predicted molar refractivity (Wildman–Crippen MR) is 230 cm³/mol. The van der Waals surface area contributed by atoms with Crippen LogP contribution in [0.15, 0.2) is 48.5 Å². The molecule has 1 N–H and O–H groups in total. The Morgan fingerprint density at radius 2 is 1.38 bits per heavy atom. The number of rotatable bonds is 20. The van der Waals surface area contributed by atoms with Crippen LogP contribution in [-0.4, -0.2) is 88.0 Å². The number of aliphatic hydroxyl groups excluding tert-OH is 1. The van der Waals surface area contributed by atoms with E-state index in [1.807, 2.05) is 50.2 Å². The van der Waals surface area contributed by atoms with Crippen LogP contribution in [0.4, 0.5) is 0 Å². The van der Waals surface area contributed by atoms with Crippen molar-refractivity contribution in [2.45, 2.75) is 192 Å². The molecule has 11 heteroatoms. The largest absolute Gasteiger partial charge is 0.497 e. The van der Waals surface area contributed by atoms with Crippen LogP contribution in [0.1, 0.15) is 118 Å². The molecule has 10 atom stereocenters. The highest BCUT2D eigenvalue weighted by atomic mass is 28.4. The van der Waals surface area contributed by atoms with Gasteiger partial charge in [-0.2, -0.15) is 0 Å². The normalized spacial score (nSPS) is 31.2. The highest BCUT2D eigenvalue weighted by Crippen LogP contribution is 2.49. The summed E-state index contributed by atoms with van der Waals surface area (Å²) in [4.78, 5) is 0. The van der Waals surface area contributed by atoms with E-state index in [1.165, 1.54) is 0 Å². The van der Waals surface area contributed by atoms with Crippen LogP contribution in [0.25, 0.3) is 0 Å². The molecule has 328 valence electrons. The third kappa shape index (κ3) is 12.3. The molecule has 1 spiro atoms. The number of benzene rings is 2. The average molecular weight is 829 g/mol. The fraction of sp³-hybridized carbons (Fsp3) is 0.745. The van der Waals surface area contributed by atoms with E-state index in [-0.39, 0.29) is 42.4 Å². The summed E-state index contributed by atoms with van der Waals surface area (Å²) in [5.41, 5.74) is 1.71. The minimum absolute atomic E-state index is 0.000506. The molecule has 0 saturated carbocycles. The first-order valence-electron chi connectivity index (χ1n) is 22.2. The summed E-state index contributed by atoms with van der Waals surface area (Å²) >= 11 is 0. The average Bonchev–Trinajstić information content (AvgIpc) is 3.19. The highest BCUT2D eigenvalue weighted by Gasteiger charge is 2.56. The Morgan fingerprint density at radius 3 is 1.95 bits per heavy atom. The molecule has 2 aromatic rings. The molecular weight excluding hydrogens is 753 g/mol. The maximum atomic E-state index is 11.4. The molecule has 2 aromatic carbocycles. The third-order valence-electron chi connectivity index (χ3n) is 13.1. The van der Waals surface area contributed by atoms with E-state index in [2.05, 4.69) is 60.6 Å². The summed E-state index contributed by atoms with van der Waals surface area (Å²) in [6, 6.07) is 19.2. The van der Waals surface area contributed by atoms with Crippen molar-refractivity contribution in [3.05, 3.63) is 59.7 Å². The van der Waals surface area contributed by atoms with Crippen LogP contribution >= 0.6 is 0 Å². The second kappa shape index (κ2) is 20.7. The number of hydrogen-bond acceptors (Lipinski definition) is 10. The highest BCUT2D eigenvalue weighted by molar-refractivity contribution is 6.73. The first kappa shape index (κ1) is 47.0. The molecule has 10 nitrogen and oxygen atoms in total. The lowest BCUT2D eigenvalue weighted by molar-refractivity contribution is -0.363.